The Hall–Kier alpha value is -0.700. The zero-order valence-corrected chi connectivity index (χ0v) is 12.7. The second-order valence-corrected chi connectivity index (χ2v) is 6.06. The van der Waals surface area contributed by atoms with Crippen LogP contribution in [0.1, 0.15) is 37.0 Å². The maximum absolute atomic E-state index is 6.13. The summed E-state index contributed by atoms with van der Waals surface area (Å²) in [6.45, 7) is 8.46. The van der Waals surface area contributed by atoms with Crippen molar-refractivity contribution >= 4 is 15.9 Å². The molecule has 94 valence electrons. The number of fused-ring (bicyclic) bond motifs is 1. The molecule has 1 aromatic rings. The molecule has 0 aliphatic carbocycles. The Morgan fingerprint density at radius 2 is 1.88 bits per heavy atom. The smallest absolute Gasteiger partial charge is 0.136 e. The highest BCUT2D eigenvalue weighted by molar-refractivity contribution is 9.10. The van der Waals surface area contributed by atoms with E-state index in [1.54, 1.807) is 7.11 Å². The third-order valence-corrected chi connectivity index (χ3v) is 4.38. The van der Waals surface area contributed by atoms with E-state index in [1.807, 2.05) is 0 Å². The molecule has 0 N–H and O–H groups in total. The fraction of sp³-hybridized carbons (Fsp3) is 0.571. The monoisotopic (exact) mass is 298 g/mol. The number of hydrogen-bond donors (Lipinski definition) is 0. The van der Waals surface area contributed by atoms with Crippen LogP contribution in [0.5, 0.6) is 11.5 Å². The molecule has 0 amide bonds. The van der Waals surface area contributed by atoms with Crippen molar-refractivity contribution in [3.8, 4) is 11.5 Å². The predicted molar refractivity (Wildman–Crippen MR) is 73.2 cm³/mol. The van der Waals surface area contributed by atoms with Gasteiger partial charge in [0.25, 0.3) is 0 Å². The Balaban J connectivity index is 2.64. The summed E-state index contributed by atoms with van der Waals surface area (Å²) in [5.41, 5.74) is 3.51. The third-order valence-electron chi connectivity index (χ3n) is 3.54. The second-order valence-electron chi connectivity index (χ2n) is 5.27. The van der Waals surface area contributed by atoms with E-state index < -0.39 is 0 Å². The molecular formula is C14H19BrO2. The number of hydrogen-bond acceptors (Lipinski definition) is 2. The minimum absolute atomic E-state index is 0.0712. The van der Waals surface area contributed by atoms with Gasteiger partial charge in [-0.25, -0.2) is 0 Å². The van der Waals surface area contributed by atoms with Crippen molar-refractivity contribution in [1.82, 2.24) is 0 Å². The number of rotatable bonds is 1. The Kier molecular flexibility index (Phi) is 3.15. The zero-order chi connectivity index (χ0) is 12.8. The summed E-state index contributed by atoms with van der Waals surface area (Å²) < 4.78 is 12.6. The van der Waals surface area contributed by atoms with E-state index in [0.717, 1.165) is 34.4 Å². The van der Waals surface area contributed by atoms with Gasteiger partial charge in [0.15, 0.2) is 0 Å². The van der Waals surface area contributed by atoms with Gasteiger partial charge in [0.1, 0.15) is 17.1 Å². The molecule has 0 unspecified atom stereocenters. The molecular weight excluding hydrogens is 280 g/mol. The van der Waals surface area contributed by atoms with Gasteiger partial charge in [0, 0.05) is 5.56 Å². The molecule has 0 saturated heterocycles. The molecule has 0 bridgehead atoms. The van der Waals surface area contributed by atoms with Gasteiger partial charge in [0.05, 0.1) is 11.6 Å². The van der Waals surface area contributed by atoms with Crippen LogP contribution in [0, 0.1) is 13.8 Å². The first-order valence-corrected chi connectivity index (χ1v) is 6.71. The topological polar surface area (TPSA) is 18.5 Å². The lowest BCUT2D eigenvalue weighted by molar-refractivity contribution is 0.0831. The van der Waals surface area contributed by atoms with E-state index in [-0.39, 0.29) is 5.60 Å². The fourth-order valence-electron chi connectivity index (χ4n) is 2.33. The van der Waals surface area contributed by atoms with Crippen LogP contribution in [0.2, 0.25) is 0 Å². The van der Waals surface area contributed by atoms with Gasteiger partial charge in [-0.2, -0.15) is 0 Å². The predicted octanol–water partition coefficient (Wildman–Crippen LogP) is 4.18. The van der Waals surface area contributed by atoms with Gasteiger partial charge in [-0.1, -0.05) is 0 Å². The van der Waals surface area contributed by atoms with Crippen LogP contribution >= 0.6 is 15.9 Å². The largest absolute Gasteiger partial charge is 0.495 e. The number of benzene rings is 1. The van der Waals surface area contributed by atoms with Gasteiger partial charge >= 0.3 is 0 Å². The van der Waals surface area contributed by atoms with Crippen molar-refractivity contribution < 1.29 is 9.47 Å². The number of methoxy groups -OCH3 is 1. The van der Waals surface area contributed by atoms with Gasteiger partial charge in [0.2, 0.25) is 0 Å². The van der Waals surface area contributed by atoms with Crippen molar-refractivity contribution in [2.75, 3.05) is 7.11 Å². The molecule has 1 aliphatic rings. The molecule has 0 fully saturated rings. The summed E-state index contributed by atoms with van der Waals surface area (Å²) in [7, 11) is 1.71. The molecule has 2 nitrogen and oxygen atoms in total. The second kappa shape index (κ2) is 4.20. The summed E-state index contributed by atoms with van der Waals surface area (Å²) in [4.78, 5) is 0. The highest BCUT2D eigenvalue weighted by Gasteiger charge is 2.31. The first kappa shape index (κ1) is 12.7. The van der Waals surface area contributed by atoms with Gasteiger partial charge < -0.3 is 9.47 Å². The van der Waals surface area contributed by atoms with Gasteiger partial charge in [-0.15, -0.1) is 0 Å². The highest BCUT2D eigenvalue weighted by atomic mass is 79.9. The van der Waals surface area contributed by atoms with Crippen molar-refractivity contribution in [3.05, 3.63) is 21.2 Å². The fourth-order valence-corrected chi connectivity index (χ4v) is 3.16. The average molecular weight is 299 g/mol. The van der Waals surface area contributed by atoms with Crippen LogP contribution in [-0.4, -0.2) is 12.7 Å². The Morgan fingerprint density at radius 3 is 2.47 bits per heavy atom. The Labute approximate surface area is 111 Å². The first-order valence-electron chi connectivity index (χ1n) is 5.92. The van der Waals surface area contributed by atoms with E-state index >= 15 is 0 Å². The van der Waals surface area contributed by atoms with Crippen LogP contribution in [0.15, 0.2) is 4.47 Å². The zero-order valence-electron chi connectivity index (χ0n) is 11.1. The molecule has 0 spiro atoms. The van der Waals surface area contributed by atoms with E-state index in [0.29, 0.717) is 0 Å². The van der Waals surface area contributed by atoms with Crippen LogP contribution in [0.25, 0.3) is 0 Å². The lowest BCUT2D eigenvalue weighted by atomic mass is 9.91. The van der Waals surface area contributed by atoms with Gasteiger partial charge in [-0.05, 0) is 67.6 Å². The lowest BCUT2D eigenvalue weighted by Crippen LogP contribution is -2.33. The number of ether oxygens (including phenoxy) is 2. The van der Waals surface area contributed by atoms with E-state index in [9.17, 15) is 0 Å². The van der Waals surface area contributed by atoms with Crippen molar-refractivity contribution in [3.63, 3.8) is 0 Å². The van der Waals surface area contributed by atoms with E-state index in [1.165, 1.54) is 11.1 Å². The molecule has 0 saturated carbocycles. The van der Waals surface area contributed by atoms with Crippen molar-refractivity contribution in [1.29, 1.82) is 0 Å². The van der Waals surface area contributed by atoms with E-state index in [4.69, 9.17) is 9.47 Å². The summed E-state index contributed by atoms with van der Waals surface area (Å²) >= 11 is 3.64. The Bertz CT molecular complexity index is 464. The maximum Gasteiger partial charge on any atom is 0.136 e. The molecule has 1 aliphatic heterocycles. The van der Waals surface area contributed by atoms with Crippen LogP contribution < -0.4 is 9.47 Å². The Morgan fingerprint density at radius 1 is 1.24 bits per heavy atom. The van der Waals surface area contributed by atoms with Crippen molar-refractivity contribution in [2.24, 2.45) is 0 Å². The molecule has 1 aromatic carbocycles. The minimum Gasteiger partial charge on any atom is -0.495 e. The SMILES string of the molecule is COc1c(C)c(C)c2c(c1Br)CCC(C)(C)O2. The lowest BCUT2D eigenvalue weighted by Gasteiger charge is -2.35. The molecule has 0 radical (unpaired) electrons. The first-order chi connectivity index (χ1) is 7.87. The molecule has 3 heteroatoms. The normalized spacial score (nSPS) is 17.3. The molecule has 2 rings (SSSR count). The highest BCUT2D eigenvalue weighted by Crippen LogP contribution is 2.46. The maximum atomic E-state index is 6.13. The standard InChI is InChI=1S/C14H19BrO2/c1-8-9(2)13(16-5)11(15)10-6-7-14(3,4)17-12(8)10/h6-7H2,1-5H3. The molecule has 1 heterocycles. The third kappa shape index (κ3) is 2.05. The summed E-state index contributed by atoms with van der Waals surface area (Å²) in [6.07, 6.45) is 2.06. The van der Waals surface area contributed by atoms with Crippen molar-refractivity contribution in [2.45, 2.75) is 46.1 Å². The van der Waals surface area contributed by atoms with Crippen LogP contribution in [-0.2, 0) is 6.42 Å². The number of halogens is 1. The van der Waals surface area contributed by atoms with E-state index in [2.05, 4.69) is 43.6 Å². The quantitative estimate of drug-likeness (QED) is 0.774. The summed E-state index contributed by atoms with van der Waals surface area (Å²) in [6, 6.07) is 0. The van der Waals surface area contributed by atoms with Crippen LogP contribution in [0.3, 0.4) is 0 Å². The molecule has 17 heavy (non-hydrogen) atoms. The molecule has 0 aromatic heterocycles. The minimum atomic E-state index is -0.0712. The summed E-state index contributed by atoms with van der Waals surface area (Å²) in [5.74, 6) is 1.97. The average Bonchev–Trinajstić information content (AvgIpc) is 2.26. The van der Waals surface area contributed by atoms with Gasteiger partial charge in [-0.3, -0.25) is 0 Å². The van der Waals surface area contributed by atoms with Crippen LogP contribution in [0.4, 0.5) is 0 Å². The summed E-state index contributed by atoms with van der Waals surface area (Å²) in [5, 5.41) is 0. The molecule has 0 atom stereocenters.